The fraction of sp³-hybridized carbons (Fsp3) is 0.333. The van der Waals surface area contributed by atoms with Gasteiger partial charge in [-0.25, -0.2) is 0 Å². The predicted octanol–water partition coefficient (Wildman–Crippen LogP) is 3.22. The highest BCUT2D eigenvalue weighted by molar-refractivity contribution is 5.34. The highest BCUT2D eigenvalue weighted by atomic mass is 19.1. The second-order valence-electron chi connectivity index (χ2n) is 3.80. The topological polar surface area (TPSA) is 52.4 Å². The van der Waals surface area contributed by atoms with E-state index in [1.54, 1.807) is 0 Å². The quantitative estimate of drug-likeness (QED) is 0.331. The fourth-order valence-electron chi connectivity index (χ4n) is 1.22. The van der Waals surface area contributed by atoms with E-state index in [4.69, 9.17) is 4.74 Å². The molecule has 0 unspecified atom stereocenters. The van der Waals surface area contributed by atoms with E-state index in [9.17, 15) is 14.5 Å². The minimum atomic E-state index is -0.837. The summed E-state index contributed by atoms with van der Waals surface area (Å²) in [6, 6.07) is 3.76. The number of hydrogen-bond donors (Lipinski definition) is 0. The van der Waals surface area contributed by atoms with Crippen LogP contribution in [-0.2, 0) is 11.3 Å². The molecule has 5 heteroatoms. The van der Waals surface area contributed by atoms with Crippen LogP contribution in [0.4, 0.5) is 10.1 Å². The van der Waals surface area contributed by atoms with E-state index >= 15 is 0 Å². The van der Waals surface area contributed by atoms with Gasteiger partial charge in [-0.2, -0.15) is 4.39 Å². The van der Waals surface area contributed by atoms with Crippen LogP contribution in [0.15, 0.2) is 30.4 Å². The first-order valence-corrected chi connectivity index (χ1v) is 5.15. The van der Waals surface area contributed by atoms with E-state index in [0.29, 0.717) is 12.2 Å². The Morgan fingerprint density at radius 3 is 2.82 bits per heavy atom. The van der Waals surface area contributed by atoms with Crippen molar-refractivity contribution in [3.05, 3.63) is 51.8 Å². The van der Waals surface area contributed by atoms with Crippen molar-refractivity contribution in [3.63, 3.8) is 0 Å². The summed E-state index contributed by atoms with van der Waals surface area (Å²) in [4.78, 5) is 9.64. The number of benzene rings is 1. The Bertz CT molecular complexity index is 432. The number of nitro benzene ring substituents is 1. The van der Waals surface area contributed by atoms with Gasteiger partial charge in [0, 0.05) is 6.07 Å². The molecule has 0 bridgehead atoms. The van der Waals surface area contributed by atoms with Crippen molar-refractivity contribution >= 4 is 5.69 Å². The predicted molar refractivity (Wildman–Crippen MR) is 62.1 cm³/mol. The van der Waals surface area contributed by atoms with Crippen LogP contribution in [0, 0.1) is 15.9 Å². The number of nitrogens with zero attached hydrogens (tertiary/aromatic N) is 1. The van der Waals surface area contributed by atoms with Crippen LogP contribution >= 0.6 is 0 Å². The standard InChI is InChI=1S/C12H14FNO3/c1-9(2)5-6-17-8-10-3-4-12(14(15)16)11(13)7-10/h3-4,7H,1,5-6,8H2,2H3. The molecule has 92 valence electrons. The molecule has 0 radical (unpaired) electrons. The molecule has 17 heavy (non-hydrogen) atoms. The van der Waals surface area contributed by atoms with Crippen LogP contribution < -0.4 is 0 Å². The maximum atomic E-state index is 13.2. The number of hydrogen-bond acceptors (Lipinski definition) is 3. The lowest BCUT2D eigenvalue weighted by Gasteiger charge is -2.04. The Morgan fingerprint density at radius 1 is 1.59 bits per heavy atom. The molecule has 0 aliphatic carbocycles. The first kappa shape index (κ1) is 13.3. The van der Waals surface area contributed by atoms with Crippen LogP contribution in [0.3, 0.4) is 0 Å². The van der Waals surface area contributed by atoms with Crippen LogP contribution in [0.25, 0.3) is 0 Å². The Labute approximate surface area is 98.9 Å². The van der Waals surface area contributed by atoms with E-state index < -0.39 is 16.4 Å². The van der Waals surface area contributed by atoms with Gasteiger partial charge in [-0.3, -0.25) is 10.1 Å². The number of nitro groups is 1. The lowest BCUT2D eigenvalue weighted by atomic mass is 10.2. The molecular formula is C12H14FNO3. The van der Waals surface area contributed by atoms with Crippen molar-refractivity contribution in [2.75, 3.05) is 6.61 Å². The van der Waals surface area contributed by atoms with Gasteiger partial charge in [0.15, 0.2) is 0 Å². The minimum absolute atomic E-state index is 0.238. The van der Waals surface area contributed by atoms with Gasteiger partial charge in [-0.1, -0.05) is 5.57 Å². The monoisotopic (exact) mass is 239 g/mol. The molecule has 0 fully saturated rings. The molecule has 0 aromatic heterocycles. The summed E-state index contributed by atoms with van der Waals surface area (Å²) in [5.41, 5.74) is 1.07. The summed E-state index contributed by atoms with van der Waals surface area (Å²) in [6.45, 7) is 6.37. The van der Waals surface area contributed by atoms with Crippen molar-refractivity contribution in [2.45, 2.75) is 20.0 Å². The van der Waals surface area contributed by atoms with Crippen molar-refractivity contribution in [3.8, 4) is 0 Å². The summed E-state index contributed by atoms with van der Waals surface area (Å²) in [5, 5.41) is 10.4. The molecule has 0 aliphatic heterocycles. The van der Waals surface area contributed by atoms with Gasteiger partial charge in [0.25, 0.3) is 0 Å². The van der Waals surface area contributed by atoms with Gasteiger partial charge in [0.05, 0.1) is 18.1 Å². The third kappa shape index (κ3) is 4.32. The summed E-state index contributed by atoms with van der Waals surface area (Å²) in [5.74, 6) is -0.837. The molecule has 1 aromatic rings. The maximum Gasteiger partial charge on any atom is 0.304 e. The molecule has 1 aromatic carbocycles. The zero-order valence-electron chi connectivity index (χ0n) is 9.61. The second kappa shape index (κ2) is 6.10. The molecule has 0 atom stereocenters. The van der Waals surface area contributed by atoms with Crippen molar-refractivity contribution in [2.24, 2.45) is 0 Å². The Kier molecular flexibility index (Phi) is 4.78. The molecule has 0 N–H and O–H groups in total. The largest absolute Gasteiger partial charge is 0.376 e. The average Bonchev–Trinajstić information content (AvgIpc) is 2.23. The van der Waals surface area contributed by atoms with E-state index in [1.807, 2.05) is 6.92 Å². The summed E-state index contributed by atoms with van der Waals surface area (Å²) in [6.07, 6.45) is 0.745. The maximum absolute atomic E-state index is 13.2. The molecule has 0 aliphatic rings. The first-order valence-electron chi connectivity index (χ1n) is 5.15. The third-order valence-corrected chi connectivity index (χ3v) is 2.15. The van der Waals surface area contributed by atoms with Gasteiger partial charge >= 0.3 is 5.69 Å². The van der Waals surface area contributed by atoms with Crippen LogP contribution in [0.2, 0.25) is 0 Å². The van der Waals surface area contributed by atoms with Gasteiger partial charge in [0.2, 0.25) is 5.82 Å². The van der Waals surface area contributed by atoms with Crippen LogP contribution in [-0.4, -0.2) is 11.5 Å². The Hall–Kier alpha value is -1.75. The lowest BCUT2D eigenvalue weighted by Crippen LogP contribution is -1.98. The highest BCUT2D eigenvalue weighted by Gasteiger charge is 2.13. The minimum Gasteiger partial charge on any atom is -0.376 e. The van der Waals surface area contributed by atoms with Crippen molar-refractivity contribution in [1.29, 1.82) is 0 Å². The molecule has 0 saturated heterocycles. The molecule has 0 saturated carbocycles. The number of halogens is 1. The summed E-state index contributed by atoms with van der Waals surface area (Å²) < 4.78 is 18.5. The summed E-state index contributed by atoms with van der Waals surface area (Å²) >= 11 is 0. The molecule has 4 nitrogen and oxygen atoms in total. The van der Waals surface area contributed by atoms with Crippen LogP contribution in [0.1, 0.15) is 18.9 Å². The zero-order chi connectivity index (χ0) is 12.8. The first-order chi connectivity index (χ1) is 8.00. The Morgan fingerprint density at radius 2 is 2.29 bits per heavy atom. The van der Waals surface area contributed by atoms with Crippen molar-refractivity contribution < 1.29 is 14.1 Å². The summed E-state index contributed by atoms with van der Waals surface area (Å²) in [7, 11) is 0. The second-order valence-corrected chi connectivity index (χ2v) is 3.80. The van der Waals surface area contributed by atoms with Gasteiger partial charge in [-0.05, 0) is 31.0 Å². The van der Waals surface area contributed by atoms with E-state index in [1.165, 1.54) is 6.07 Å². The normalized spacial score (nSPS) is 10.2. The molecule has 0 heterocycles. The van der Waals surface area contributed by atoms with Gasteiger partial charge in [-0.15, -0.1) is 6.58 Å². The smallest absolute Gasteiger partial charge is 0.304 e. The molecule has 0 spiro atoms. The van der Waals surface area contributed by atoms with E-state index in [2.05, 4.69) is 6.58 Å². The highest BCUT2D eigenvalue weighted by Crippen LogP contribution is 2.18. The molecule has 0 amide bonds. The Balaban J connectivity index is 2.53. The van der Waals surface area contributed by atoms with Gasteiger partial charge < -0.3 is 4.74 Å². The fourth-order valence-corrected chi connectivity index (χ4v) is 1.22. The van der Waals surface area contributed by atoms with Crippen molar-refractivity contribution in [1.82, 2.24) is 0 Å². The van der Waals surface area contributed by atoms with E-state index in [-0.39, 0.29) is 6.61 Å². The number of rotatable bonds is 6. The van der Waals surface area contributed by atoms with E-state index in [0.717, 1.165) is 24.1 Å². The van der Waals surface area contributed by atoms with Gasteiger partial charge in [0.1, 0.15) is 0 Å². The average molecular weight is 239 g/mol. The zero-order valence-corrected chi connectivity index (χ0v) is 9.61. The molecular weight excluding hydrogens is 225 g/mol. The SMILES string of the molecule is C=C(C)CCOCc1ccc([N+](=O)[O-])c(F)c1. The molecule has 1 rings (SSSR count). The lowest BCUT2D eigenvalue weighted by molar-refractivity contribution is -0.387. The third-order valence-electron chi connectivity index (χ3n) is 2.15. The number of ether oxygens (including phenoxy) is 1. The van der Waals surface area contributed by atoms with Crippen LogP contribution in [0.5, 0.6) is 0 Å².